The van der Waals surface area contributed by atoms with Crippen LogP contribution >= 0.6 is 0 Å². The van der Waals surface area contributed by atoms with Crippen LogP contribution in [0.25, 0.3) is 0 Å². The van der Waals surface area contributed by atoms with Gasteiger partial charge in [0, 0.05) is 12.1 Å². The first kappa shape index (κ1) is 17.0. The van der Waals surface area contributed by atoms with Crippen molar-refractivity contribution in [3.05, 3.63) is 78.4 Å². The standard InChI is InChI=1S/C22H19NO4/c1-25-19-8-4-5-9-20(19)26-17-12-10-16(11-13-17)23-22(24)21-14-15-6-2-3-7-18(15)27-21/h2-13,21H,14H2,1H3,(H,23,24)/t21-/m0/s1. The minimum absolute atomic E-state index is 0.162. The van der Waals surface area contributed by atoms with Crippen LogP contribution in [0.3, 0.4) is 0 Å². The minimum atomic E-state index is -0.507. The van der Waals surface area contributed by atoms with Gasteiger partial charge in [0.1, 0.15) is 11.5 Å². The van der Waals surface area contributed by atoms with Gasteiger partial charge in [-0.2, -0.15) is 0 Å². The molecule has 4 rings (SSSR count). The first-order chi connectivity index (χ1) is 13.2. The Morgan fingerprint density at radius 1 is 0.963 bits per heavy atom. The van der Waals surface area contributed by atoms with Gasteiger partial charge in [0.05, 0.1) is 7.11 Å². The van der Waals surface area contributed by atoms with E-state index in [-0.39, 0.29) is 5.91 Å². The van der Waals surface area contributed by atoms with Gasteiger partial charge in [-0.15, -0.1) is 0 Å². The molecule has 0 bridgehead atoms. The molecule has 0 spiro atoms. The third-order valence-corrected chi connectivity index (χ3v) is 4.36. The third kappa shape index (κ3) is 3.72. The number of ether oxygens (including phenoxy) is 3. The number of carbonyl (C=O) groups is 1. The lowest BCUT2D eigenvalue weighted by molar-refractivity contribution is -0.122. The molecule has 1 aliphatic heterocycles. The Morgan fingerprint density at radius 2 is 1.67 bits per heavy atom. The normalized spacial score (nSPS) is 14.8. The number of amides is 1. The molecule has 0 aromatic heterocycles. The lowest BCUT2D eigenvalue weighted by Gasteiger charge is -2.13. The second kappa shape index (κ2) is 7.41. The molecule has 0 saturated heterocycles. The van der Waals surface area contributed by atoms with Gasteiger partial charge in [-0.1, -0.05) is 30.3 Å². The number of hydrogen-bond acceptors (Lipinski definition) is 4. The number of carbonyl (C=O) groups excluding carboxylic acids is 1. The number of fused-ring (bicyclic) bond motifs is 1. The Balaban J connectivity index is 1.39. The summed E-state index contributed by atoms with van der Waals surface area (Å²) in [6.45, 7) is 0. The number of nitrogens with one attached hydrogen (secondary N) is 1. The van der Waals surface area contributed by atoms with Crippen LogP contribution in [0, 0.1) is 0 Å². The zero-order valence-electron chi connectivity index (χ0n) is 14.8. The van der Waals surface area contributed by atoms with Crippen molar-refractivity contribution in [2.24, 2.45) is 0 Å². The summed E-state index contributed by atoms with van der Waals surface area (Å²) >= 11 is 0. The number of methoxy groups -OCH3 is 1. The fraction of sp³-hybridized carbons (Fsp3) is 0.136. The maximum atomic E-state index is 12.5. The summed E-state index contributed by atoms with van der Waals surface area (Å²) in [6.07, 6.45) is 0.0729. The molecule has 0 aliphatic carbocycles. The van der Waals surface area contributed by atoms with E-state index < -0.39 is 6.10 Å². The van der Waals surface area contributed by atoms with Crippen molar-refractivity contribution in [3.63, 3.8) is 0 Å². The number of anilines is 1. The molecule has 136 valence electrons. The van der Waals surface area contributed by atoms with E-state index in [9.17, 15) is 4.79 Å². The van der Waals surface area contributed by atoms with Gasteiger partial charge >= 0.3 is 0 Å². The molecule has 1 N–H and O–H groups in total. The van der Waals surface area contributed by atoms with Crippen LogP contribution in [-0.2, 0) is 11.2 Å². The zero-order valence-corrected chi connectivity index (χ0v) is 14.8. The van der Waals surface area contributed by atoms with E-state index in [1.165, 1.54) is 0 Å². The van der Waals surface area contributed by atoms with Crippen LogP contribution in [0.1, 0.15) is 5.56 Å². The minimum Gasteiger partial charge on any atom is -0.493 e. The van der Waals surface area contributed by atoms with Crippen molar-refractivity contribution < 1.29 is 19.0 Å². The van der Waals surface area contributed by atoms with E-state index in [2.05, 4.69) is 5.32 Å². The zero-order chi connectivity index (χ0) is 18.6. The highest BCUT2D eigenvalue weighted by molar-refractivity contribution is 5.95. The second-order valence-electron chi connectivity index (χ2n) is 6.18. The molecule has 5 heteroatoms. The summed E-state index contributed by atoms with van der Waals surface area (Å²) < 4.78 is 16.8. The molecule has 0 unspecified atom stereocenters. The Labute approximate surface area is 157 Å². The molecule has 1 amide bonds. The summed E-state index contributed by atoms with van der Waals surface area (Å²) in [4.78, 5) is 12.5. The summed E-state index contributed by atoms with van der Waals surface area (Å²) in [7, 11) is 1.60. The first-order valence-electron chi connectivity index (χ1n) is 8.69. The molecule has 0 fully saturated rings. The first-order valence-corrected chi connectivity index (χ1v) is 8.69. The fourth-order valence-electron chi connectivity index (χ4n) is 2.99. The maximum Gasteiger partial charge on any atom is 0.265 e. The SMILES string of the molecule is COc1ccccc1Oc1ccc(NC(=O)[C@@H]2Cc3ccccc3O2)cc1. The molecular weight excluding hydrogens is 342 g/mol. The highest BCUT2D eigenvalue weighted by atomic mass is 16.5. The lowest BCUT2D eigenvalue weighted by Crippen LogP contribution is -2.31. The van der Waals surface area contributed by atoms with Crippen LogP contribution in [0.15, 0.2) is 72.8 Å². The molecule has 0 radical (unpaired) electrons. The quantitative estimate of drug-likeness (QED) is 0.730. The van der Waals surface area contributed by atoms with E-state index >= 15 is 0 Å². The van der Waals surface area contributed by atoms with E-state index in [1.54, 1.807) is 31.4 Å². The van der Waals surface area contributed by atoms with Crippen LogP contribution in [0.5, 0.6) is 23.0 Å². The second-order valence-corrected chi connectivity index (χ2v) is 6.18. The van der Waals surface area contributed by atoms with Gasteiger partial charge in [-0.3, -0.25) is 4.79 Å². The van der Waals surface area contributed by atoms with Gasteiger partial charge in [-0.05, 0) is 48.0 Å². The van der Waals surface area contributed by atoms with Crippen LogP contribution in [0.2, 0.25) is 0 Å². The Hall–Kier alpha value is -3.47. The van der Waals surface area contributed by atoms with Crippen molar-refractivity contribution in [2.75, 3.05) is 12.4 Å². The Morgan fingerprint density at radius 3 is 2.41 bits per heavy atom. The molecule has 5 nitrogen and oxygen atoms in total. The number of hydrogen-bond donors (Lipinski definition) is 1. The molecule has 27 heavy (non-hydrogen) atoms. The number of rotatable bonds is 5. The molecular formula is C22H19NO4. The summed E-state index contributed by atoms with van der Waals surface area (Å²) in [5.74, 6) is 2.56. The van der Waals surface area contributed by atoms with Crippen molar-refractivity contribution in [1.29, 1.82) is 0 Å². The largest absolute Gasteiger partial charge is 0.493 e. The number of benzene rings is 3. The third-order valence-electron chi connectivity index (χ3n) is 4.36. The monoisotopic (exact) mass is 361 g/mol. The van der Waals surface area contributed by atoms with Crippen LogP contribution in [-0.4, -0.2) is 19.1 Å². The molecule has 3 aromatic carbocycles. The van der Waals surface area contributed by atoms with Gasteiger partial charge in [-0.25, -0.2) is 0 Å². The summed E-state index contributed by atoms with van der Waals surface area (Å²) in [6, 6.07) is 22.3. The van der Waals surface area contributed by atoms with E-state index in [0.717, 1.165) is 11.3 Å². The highest BCUT2D eigenvalue weighted by Gasteiger charge is 2.28. The average molecular weight is 361 g/mol. The highest BCUT2D eigenvalue weighted by Crippen LogP contribution is 2.32. The van der Waals surface area contributed by atoms with Crippen molar-refractivity contribution in [2.45, 2.75) is 12.5 Å². The average Bonchev–Trinajstić information content (AvgIpc) is 3.14. The topological polar surface area (TPSA) is 56.8 Å². The smallest absolute Gasteiger partial charge is 0.265 e. The van der Waals surface area contributed by atoms with Gasteiger partial charge in [0.2, 0.25) is 0 Å². The predicted octanol–water partition coefficient (Wildman–Crippen LogP) is 4.43. The van der Waals surface area contributed by atoms with Crippen molar-refractivity contribution in [1.82, 2.24) is 0 Å². The van der Waals surface area contributed by atoms with E-state index in [0.29, 0.717) is 29.4 Å². The van der Waals surface area contributed by atoms with Crippen LogP contribution in [0.4, 0.5) is 5.69 Å². The Bertz CT molecular complexity index is 928. The molecule has 1 aliphatic rings. The van der Waals surface area contributed by atoms with E-state index in [4.69, 9.17) is 14.2 Å². The number of para-hydroxylation sites is 3. The fourth-order valence-corrected chi connectivity index (χ4v) is 2.99. The van der Waals surface area contributed by atoms with E-state index in [1.807, 2.05) is 48.5 Å². The molecule has 0 saturated carbocycles. The lowest BCUT2D eigenvalue weighted by atomic mass is 10.1. The van der Waals surface area contributed by atoms with Gasteiger partial charge in [0.25, 0.3) is 5.91 Å². The summed E-state index contributed by atoms with van der Waals surface area (Å²) in [5, 5.41) is 2.89. The summed E-state index contributed by atoms with van der Waals surface area (Å²) in [5.41, 5.74) is 1.74. The maximum absolute atomic E-state index is 12.5. The molecule has 3 aromatic rings. The van der Waals surface area contributed by atoms with Crippen LogP contribution < -0.4 is 19.5 Å². The van der Waals surface area contributed by atoms with Gasteiger partial charge < -0.3 is 19.5 Å². The Kier molecular flexibility index (Phi) is 4.66. The molecule has 1 heterocycles. The molecule has 1 atom stereocenters. The van der Waals surface area contributed by atoms with Gasteiger partial charge in [0.15, 0.2) is 17.6 Å². The predicted molar refractivity (Wildman–Crippen MR) is 103 cm³/mol. The van der Waals surface area contributed by atoms with Crippen molar-refractivity contribution in [3.8, 4) is 23.0 Å². The van der Waals surface area contributed by atoms with Crippen molar-refractivity contribution >= 4 is 11.6 Å².